The molecule has 1 atom stereocenters. The Kier molecular flexibility index (Phi) is 7.44. The third-order valence-corrected chi connectivity index (χ3v) is 5.04. The predicted molar refractivity (Wildman–Crippen MR) is 121 cm³/mol. The van der Waals surface area contributed by atoms with E-state index in [1.807, 2.05) is 67.6 Å². The van der Waals surface area contributed by atoms with Gasteiger partial charge >= 0.3 is 0 Å². The summed E-state index contributed by atoms with van der Waals surface area (Å²) in [5, 5.41) is 6.21. The molecule has 3 aromatic carbocycles. The third kappa shape index (κ3) is 5.38. The Morgan fingerprint density at radius 1 is 1.03 bits per heavy atom. The monoisotopic (exact) mass is 404 g/mol. The molecule has 0 saturated carbocycles. The fourth-order valence-electron chi connectivity index (χ4n) is 3.17. The molecule has 1 N–H and O–H groups in total. The van der Waals surface area contributed by atoms with Crippen molar-refractivity contribution in [1.82, 2.24) is 5.43 Å². The lowest BCUT2D eigenvalue weighted by molar-refractivity contribution is -0.123. The highest BCUT2D eigenvalue weighted by Crippen LogP contribution is 2.26. The first-order chi connectivity index (χ1) is 14.6. The van der Waals surface area contributed by atoms with Crippen LogP contribution in [0.4, 0.5) is 0 Å². The summed E-state index contributed by atoms with van der Waals surface area (Å²) in [7, 11) is 0. The number of nitrogens with one attached hydrogen (secondary N) is 1. The van der Waals surface area contributed by atoms with Crippen LogP contribution in [-0.4, -0.2) is 25.3 Å². The molecule has 0 unspecified atom stereocenters. The largest absolute Gasteiger partial charge is 0.493 e. The number of amides is 1. The van der Waals surface area contributed by atoms with Crippen LogP contribution in [-0.2, 0) is 4.79 Å². The second kappa shape index (κ2) is 10.4. The van der Waals surface area contributed by atoms with Gasteiger partial charge in [-0.3, -0.25) is 4.79 Å². The number of hydrogen-bond acceptors (Lipinski definition) is 4. The maximum atomic E-state index is 12.1. The standard InChI is InChI=1S/C25H28N2O3/c1-4-18(3)19-10-13-21(14-11-19)30-17-25(28)27-26-16-23-22-9-7-6-8-20(22)12-15-24(23)29-5-2/h6-16,18H,4-5,17H2,1-3H3,(H,27,28)/b26-16+/t18-/m0/s1. The summed E-state index contributed by atoms with van der Waals surface area (Å²) in [6.07, 6.45) is 2.70. The van der Waals surface area contributed by atoms with Gasteiger partial charge in [0.2, 0.25) is 0 Å². The molecule has 1 amide bonds. The van der Waals surface area contributed by atoms with Gasteiger partial charge in [0.25, 0.3) is 5.91 Å². The number of benzene rings is 3. The van der Waals surface area contributed by atoms with Crippen LogP contribution >= 0.6 is 0 Å². The van der Waals surface area contributed by atoms with Gasteiger partial charge in [-0.25, -0.2) is 5.43 Å². The second-order valence-electron chi connectivity index (χ2n) is 7.09. The molecular weight excluding hydrogens is 376 g/mol. The Morgan fingerprint density at radius 3 is 2.53 bits per heavy atom. The van der Waals surface area contributed by atoms with Gasteiger partial charge in [-0.15, -0.1) is 0 Å². The Hall–Kier alpha value is -3.34. The average Bonchev–Trinajstić information content (AvgIpc) is 2.78. The number of hydrazone groups is 1. The van der Waals surface area contributed by atoms with Crippen LogP contribution in [0.5, 0.6) is 11.5 Å². The summed E-state index contributed by atoms with van der Waals surface area (Å²) < 4.78 is 11.3. The number of fused-ring (bicyclic) bond motifs is 1. The van der Waals surface area contributed by atoms with Crippen molar-refractivity contribution in [1.29, 1.82) is 0 Å². The Balaban J connectivity index is 1.61. The highest BCUT2D eigenvalue weighted by atomic mass is 16.5. The molecule has 156 valence electrons. The molecule has 0 spiro atoms. The SMILES string of the molecule is CCOc1ccc2ccccc2c1/C=N/NC(=O)COc1ccc([C@@H](C)CC)cc1. The molecule has 5 nitrogen and oxygen atoms in total. The lowest BCUT2D eigenvalue weighted by Gasteiger charge is -2.11. The van der Waals surface area contributed by atoms with E-state index in [0.29, 0.717) is 18.3 Å². The molecule has 0 aliphatic rings. The fraction of sp³-hybridized carbons (Fsp3) is 0.280. The highest BCUT2D eigenvalue weighted by Gasteiger charge is 2.08. The smallest absolute Gasteiger partial charge is 0.277 e. The summed E-state index contributed by atoms with van der Waals surface area (Å²) in [6.45, 7) is 6.73. The fourth-order valence-corrected chi connectivity index (χ4v) is 3.17. The number of carbonyl (C=O) groups is 1. The molecule has 0 heterocycles. The maximum absolute atomic E-state index is 12.1. The lowest BCUT2D eigenvalue weighted by Crippen LogP contribution is -2.24. The first-order valence-corrected chi connectivity index (χ1v) is 10.3. The molecule has 0 fully saturated rings. The van der Waals surface area contributed by atoms with Crippen LogP contribution in [0.3, 0.4) is 0 Å². The van der Waals surface area contributed by atoms with Crippen LogP contribution in [0.15, 0.2) is 65.8 Å². The molecule has 3 aromatic rings. The number of nitrogens with zero attached hydrogens (tertiary/aromatic N) is 1. The topological polar surface area (TPSA) is 59.9 Å². The van der Waals surface area contributed by atoms with Crippen molar-refractivity contribution in [3.63, 3.8) is 0 Å². The van der Waals surface area contributed by atoms with Crippen LogP contribution in [0.2, 0.25) is 0 Å². The number of hydrogen-bond donors (Lipinski definition) is 1. The van der Waals surface area contributed by atoms with Crippen molar-refractivity contribution in [2.75, 3.05) is 13.2 Å². The molecule has 0 radical (unpaired) electrons. The number of ether oxygens (including phenoxy) is 2. The van der Waals surface area contributed by atoms with Gasteiger partial charge in [0, 0.05) is 5.56 Å². The van der Waals surface area contributed by atoms with E-state index < -0.39 is 0 Å². The van der Waals surface area contributed by atoms with Crippen molar-refractivity contribution >= 4 is 22.9 Å². The first-order valence-electron chi connectivity index (χ1n) is 10.3. The minimum absolute atomic E-state index is 0.103. The summed E-state index contributed by atoms with van der Waals surface area (Å²) in [6, 6.07) is 19.8. The van der Waals surface area contributed by atoms with Crippen LogP contribution in [0.25, 0.3) is 10.8 Å². The molecule has 0 bridgehead atoms. The Bertz CT molecular complexity index is 1010. The summed E-state index contributed by atoms with van der Waals surface area (Å²) >= 11 is 0. The summed E-state index contributed by atoms with van der Waals surface area (Å²) in [4.78, 5) is 12.1. The number of rotatable bonds is 9. The van der Waals surface area contributed by atoms with Gasteiger partial charge in [-0.1, -0.05) is 56.3 Å². The molecule has 30 heavy (non-hydrogen) atoms. The van der Waals surface area contributed by atoms with Crippen LogP contribution < -0.4 is 14.9 Å². The second-order valence-corrected chi connectivity index (χ2v) is 7.09. The zero-order valence-corrected chi connectivity index (χ0v) is 17.7. The molecule has 5 heteroatoms. The summed E-state index contributed by atoms with van der Waals surface area (Å²) in [5.41, 5.74) is 4.62. The molecule has 0 aliphatic carbocycles. The zero-order chi connectivity index (χ0) is 21.3. The minimum atomic E-state index is -0.324. The zero-order valence-electron chi connectivity index (χ0n) is 17.7. The molecule has 0 saturated heterocycles. The van der Waals surface area contributed by atoms with Gasteiger partial charge in [0.05, 0.1) is 12.8 Å². The predicted octanol–water partition coefficient (Wildman–Crippen LogP) is 5.28. The molecule has 3 rings (SSSR count). The van der Waals surface area contributed by atoms with Gasteiger partial charge in [-0.05, 0) is 53.8 Å². The van der Waals surface area contributed by atoms with Crippen molar-refractivity contribution in [2.24, 2.45) is 5.10 Å². The van der Waals surface area contributed by atoms with E-state index in [4.69, 9.17) is 9.47 Å². The summed E-state index contributed by atoms with van der Waals surface area (Å²) in [5.74, 6) is 1.57. The van der Waals surface area contributed by atoms with Crippen molar-refractivity contribution in [3.8, 4) is 11.5 Å². The van der Waals surface area contributed by atoms with Gasteiger partial charge in [-0.2, -0.15) is 5.10 Å². The molecule has 0 aliphatic heterocycles. The van der Waals surface area contributed by atoms with Crippen LogP contribution in [0.1, 0.15) is 44.2 Å². The molecular formula is C25H28N2O3. The van der Waals surface area contributed by atoms with Gasteiger partial charge in [0.15, 0.2) is 6.61 Å². The van der Waals surface area contributed by atoms with Crippen LogP contribution in [0, 0.1) is 0 Å². The molecule has 0 aromatic heterocycles. The van der Waals surface area contributed by atoms with Gasteiger partial charge < -0.3 is 9.47 Å². The first kappa shape index (κ1) is 21.4. The lowest BCUT2D eigenvalue weighted by atomic mass is 9.99. The van der Waals surface area contributed by atoms with E-state index >= 15 is 0 Å². The number of carbonyl (C=O) groups excluding carboxylic acids is 1. The maximum Gasteiger partial charge on any atom is 0.277 e. The minimum Gasteiger partial charge on any atom is -0.493 e. The van der Waals surface area contributed by atoms with E-state index in [1.165, 1.54) is 5.56 Å². The average molecular weight is 405 g/mol. The van der Waals surface area contributed by atoms with Gasteiger partial charge in [0.1, 0.15) is 11.5 Å². The van der Waals surface area contributed by atoms with Crippen molar-refractivity contribution in [3.05, 3.63) is 71.8 Å². The van der Waals surface area contributed by atoms with E-state index in [9.17, 15) is 4.79 Å². The van der Waals surface area contributed by atoms with E-state index in [2.05, 4.69) is 24.4 Å². The Morgan fingerprint density at radius 2 is 1.80 bits per heavy atom. The normalized spacial score (nSPS) is 12.1. The van der Waals surface area contributed by atoms with E-state index in [-0.39, 0.29) is 12.5 Å². The van der Waals surface area contributed by atoms with E-state index in [1.54, 1.807) is 6.21 Å². The highest BCUT2D eigenvalue weighted by molar-refractivity contribution is 6.02. The Labute approximate surface area is 177 Å². The van der Waals surface area contributed by atoms with Crippen molar-refractivity contribution < 1.29 is 14.3 Å². The quantitative estimate of drug-likeness (QED) is 0.390. The van der Waals surface area contributed by atoms with E-state index in [0.717, 1.165) is 28.5 Å². The van der Waals surface area contributed by atoms with Crippen molar-refractivity contribution in [2.45, 2.75) is 33.1 Å². The third-order valence-electron chi connectivity index (χ3n) is 5.04.